The Labute approximate surface area is 111 Å². The zero-order chi connectivity index (χ0) is 11.4. The van der Waals surface area contributed by atoms with E-state index in [1.807, 2.05) is 12.1 Å². The average Bonchev–Trinajstić information content (AvgIpc) is 2.33. The molecule has 0 unspecified atom stereocenters. The first-order valence-corrected chi connectivity index (χ1v) is 7.09. The molecule has 1 N–H and O–H groups in total. The molecule has 16 heavy (non-hydrogen) atoms. The summed E-state index contributed by atoms with van der Waals surface area (Å²) in [5.74, 6) is 0.917. The molecule has 1 fully saturated rings. The van der Waals surface area contributed by atoms with Crippen LogP contribution >= 0.6 is 22.6 Å². The van der Waals surface area contributed by atoms with Crippen molar-refractivity contribution in [2.24, 2.45) is 0 Å². The third-order valence-electron chi connectivity index (χ3n) is 3.12. The van der Waals surface area contributed by atoms with Gasteiger partial charge in [-0.15, -0.1) is 0 Å². The maximum Gasteiger partial charge on any atom is 0.119 e. The van der Waals surface area contributed by atoms with Gasteiger partial charge >= 0.3 is 0 Å². The Morgan fingerprint density at radius 3 is 2.50 bits per heavy atom. The standard InChI is InChI=1S/C13H18INO/c1-16-11-8-6-10(7-9-11)15-13-5-3-2-4-12(13)14/h6-9,12-13,15H,2-5H2,1H3/t12-,13-/m1/s1. The molecule has 1 aliphatic carbocycles. The highest BCUT2D eigenvalue weighted by atomic mass is 127. The van der Waals surface area contributed by atoms with Crippen LogP contribution in [0.5, 0.6) is 5.75 Å². The van der Waals surface area contributed by atoms with Gasteiger partial charge in [-0.05, 0) is 37.1 Å². The number of rotatable bonds is 3. The largest absolute Gasteiger partial charge is 0.497 e. The molecule has 0 aromatic heterocycles. The third-order valence-corrected chi connectivity index (χ3v) is 4.61. The normalized spacial score (nSPS) is 25.1. The summed E-state index contributed by atoms with van der Waals surface area (Å²) >= 11 is 2.57. The van der Waals surface area contributed by atoms with E-state index in [1.165, 1.54) is 31.4 Å². The predicted molar refractivity (Wildman–Crippen MR) is 76.7 cm³/mol. The van der Waals surface area contributed by atoms with Crippen LogP contribution in [0.2, 0.25) is 0 Å². The second-order valence-corrected chi connectivity index (χ2v) is 5.88. The Bertz CT molecular complexity index is 325. The van der Waals surface area contributed by atoms with Gasteiger partial charge < -0.3 is 10.1 Å². The summed E-state index contributed by atoms with van der Waals surface area (Å²) in [4.78, 5) is 0. The van der Waals surface area contributed by atoms with Gasteiger partial charge in [0.2, 0.25) is 0 Å². The first-order chi connectivity index (χ1) is 7.79. The minimum atomic E-state index is 0.628. The van der Waals surface area contributed by atoms with Gasteiger partial charge in [-0.25, -0.2) is 0 Å². The van der Waals surface area contributed by atoms with Gasteiger partial charge in [0.1, 0.15) is 5.75 Å². The van der Waals surface area contributed by atoms with E-state index in [0.29, 0.717) is 6.04 Å². The van der Waals surface area contributed by atoms with E-state index in [1.54, 1.807) is 7.11 Å². The monoisotopic (exact) mass is 331 g/mol. The molecule has 2 rings (SSSR count). The minimum Gasteiger partial charge on any atom is -0.497 e. The molecular formula is C13H18INO. The Hall–Kier alpha value is -0.450. The number of ether oxygens (including phenoxy) is 1. The SMILES string of the molecule is COc1ccc(N[C@@H]2CCCC[C@H]2I)cc1. The number of halogens is 1. The molecule has 0 saturated heterocycles. The van der Waals surface area contributed by atoms with Gasteiger partial charge in [-0.3, -0.25) is 0 Å². The highest BCUT2D eigenvalue weighted by Crippen LogP contribution is 2.28. The molecule has 1 aromatic rings. The number of benzene rings is 1. The van der Waals surface area contributed by atoms with Crippen LogP contribution in [0.1, 0.15) is 25.7 Å². The molecule has 1 aromatic carbocycles. The van der Waals surface area contributed by atoms with E-state index in [2.05, 4.69) is 40.0 Å². The molecule has 2 nitrogen and oxygen atoms in total. The van der Waals surface area contributed by atoms with Crippen molar-refractivity contribution in [3.63, 3.8) is 0 Å². The van der Waals surface area contributed by atoms with Crippen LogP contribution in [0, 0.1) is 0 Å². The first-order valence-electron chi connectivity index (χ1n) is 5.84. The van der Waals surface area contributed by atoms with Crippen LogP contribution < -0.4 is 10.1 Å². The maximum atomic E-state index is 5.15. The smallest absolute Gasteiger partial charge is 0.119 e. The number of alkyl halides is 1. The molecule has 3 heteroatoms. The van der Waals surface area contributed by atoms with Crippen molar-refractivity contribution in [3.8, 4) is 5.75 Å². The highest BCUT2D eigenvalue weighted by molar-refractivity contribution is 14.1. The maximum absolute atomic E-state index is 5.15. The van der Waals surface area contributed by atoms with Crippen LogP contribution in [-0.4, -0.2) is 17.1 Å². The summed E-state index contributed by atoms with van der Waals surface area (Å²) < 4.78 is 5.91. The summed E-state index contributed by atoms with van der Waals surface area (Å²) in [5, 5.41) is 3.62. The zero-order valence-corrected chi connectivity index (χ0v) is 11.7. The van der Waals surface area contributed by atoms with Crippen molar-refractivity contribution in [3.05, 3.63) is 24.3 Å². The van der Waals surface area contributed by atoms with Crippen LogP contribution in [0.25, 0.3) is 0 Å². The Morgan fingerprint density at radius 2 is 1.88 bits per heavy atom. The molecule has 0 amide bonds. The first kappa shape index (κ1) is 12.0. The van der Waals surface area contributed by atoms with Crippen LogP contribution in [0.3, 0.4) is 0 Å². The van der Waals surface area contributed by atoms with Gasteiger partial charge in [0, 0.05) is 15.7 Å². The van der Waals surface area contributed by atoms with Crippen molar-refractivity contribution in [2.45, 2.75) is 35.6 Å². The van der Waals surface area contributed by atoms with Crippen molar-refractivity contribution < 1.29 is 4.74 Å². The van der Waals surface area contributed by atoms with E-state index in [9.17, 15) is 0 Å². The van der Waals surface area contributed by atoms with E-state index in [0.717, 1.165) is 9.67 Å². The second kappa shape index (κ2) is 5.75. The van der Waals surface area contributed by atoms with E-state index in [4.69, 9.17) is 4.74 Å². The molecule has 1 aliphatic rings. The van der Waals surface area contributed by atoms with Crippen LogP contribution in [-0.2, 0) is 0 Å². The lowest BCUT2D eigenvalue weighted by molar-refractivity contribution is 0.415. The molecular weight excluding hydrogens is 313 g/mol. The van der Waals surface area contributed by atoms with Gasteiger partial charge in [0.25, 0.3) is 0 Å². The topological polar surface area (TPSA) is 21.3 Å². The van der Waals surface area contributed by atoms with Crippen LogP contribution in [0.15, 0.2) is 24.3 Å². The molecule has 88 valence electrons. The molecule has 0 aliphatic heterocycles. The van der Waals surface area contributed by atoms with E-state index in [-0.39, 0.29) is 0 Å². The molecule has 2 atom stereocenters. The highest BCUT2D eigenvalue weighted by Gasteiger charge is 2.22. The molecule has 0 spiro atoms. The fourth-order valence-corrected chi connectivity index (χ4v) is 3.13. The molecule has 1 saturated carbocycles. The number of hydrogen-bond donors (Lipinski definition) is 1. The lowest BCUT2D eigenvalue weighted by Gasteiger charge is -2.29. The fourth-order valence-electron chi connectivity index (χ4n) is 2.15. The summed E-state index contributed by atoms with van der Waals surface area (Å²) in [6, 6.07) is 8.83. The molecule has 0 heterocycles. The lowest BCUT2D eigenvalue weighted by Crippen LogP contribution is -2.32. The van der Waals surface area contributed by atoms with Gasteiger partial charge in [-0.2, -0.15) is 0 Å². The zero-order valence-electron chi connectivity index (χ0n) is 9.58. The number of nitrogens with one attached hydrogen (secondary N) is 1. The minimum absolute atomic E-state index is 0.628. The fraction of sp³-hybridized carbons (Fsp3) is 0.538. The number of hydrogen-bond acceptors (Lipinski definition) is 2. The van der Waals surface area contributed by atoms with Crippen LogP contribution in [0.4, 0.5) is 5.69 Å². The van der Waals surface area contributed by atoms with Gasteiger partial charge in [0.05, 0.1) is 7.11 Å². The molecule has 0 bridgehead atoms. The number of anilines is 1. The summed E-state index contributed by atoms with van der Waals surface area (Å²) in [7, 11) is 1.70. The Kier molecular flexibility index (Phi) is 4.32. The van der Waals surface area contributed by atoms with E-state index < -0.39 is 0 Å². The van der Waals surface area contributed by atoms with Crippen molar-refractivity contribution in [1.82, 2.24) is 0 Å². The summed E-state index contributed by atoms with van der Waals surface area (Å²) in [5.41, 5.74) is 1.20. The summed E-state index contributed by atoms with van der Waals surface area (Å²) in [6.07, 6.45) is 5.37. The van der Waals surface area contributed by atoms with Crippen molar-refractivity contribution >= 4 is 28.3 Å². The average molecular weight is 331 g/mol. The summed E-state index contributed by atoms with van der Waals surface area (Å²) in [6.45, 7) is 0. The third kappa shape index (κ3) is 3.03. The van der Waals surface area contributed by atoms with E-state index >= 15 is 0 Å². The second-order valence-electron chi connectivity index (χ2n) is 4.28. The molecule has 0 radical (unpaired) electrons. The Morgan fingerprint density at radius 1 is 1.19 bits per heavy atom. The van der Waals surface area contributed by atoms with Crippen molar-refractivity contribution in [2.75, 3.05) is 12.4 Å². The quantitative estimate of drug-likeness (QED) is 0.671. The lowest BCUT2D eigenvalue weighted by atomic mass is 9.95. The van der Waals surface area contributed by atoms with Gasteiger partial charge in [-0.1, -0.05) is 35.4 Å². The predicted octanol–water partition coefficient (Wildman–Crippen LogP) is 3.85. The van der Waals surface area contributed by atoms with Gasteiger partial charge in [0.15, 0.2) is 0 Å². The number of methoxy groups -OCH3 is 1. The van der Waals surface area contributed by atoms with Crippen molar-refractivity contribution in [1.29, 1.82) is 0 Å². The Balaban J connectivity index is 1.96.